The van der Waals surface area contributed by atoms with Crippen LogP contribution in [-0.4, -0.2) is 37.8 Å². The van der Waals surface area contributed by atoms with Crippen LogP contribution in [0, 0.1) is 0 Å². The van der Waals surface area contributed by atoms with Crippen molar-refractivity contribution >= 4 is 5.91 Å². The van der Waals surface area contributed by atoms with Gasteiger partial charge >= 0.3 is 11.9 Å². The highest BCUT2D eigenvalue weighted by atomic mass is 19.4. The second kappa shape index (κ2) is 7.08. The zero-order valence-electron chi connectivity index (χ0n) is 16.0. The number of imidazole rings is 1. The third kappa shape index (κ3) is 3.70. The zero-order valence-corrected chi connectivity index (χ0v) is 16.0. The Hall–Kier alpha value is -3.49. The van der Waals surface area contributed by atoms with Crippen LogP contribution in [0.4, 0.5) is 13.2 Å². The number of carbonyl (C=O) groups excluding carboxylic acids is 1. The number of halogens is 3. The highest BCUT2D eigenvalue weighted by molar-refractivity contribution is 5.99. The van der Waals surface area contributed by atoms with E-state index in [9.17, 15) is 27.9 Å². The predicted molar refractivity (Wildman–Crippen MR) is 103 cm³/mol. The average Bonchev–Trinajstić information content (AvgIpc) is 3.11. The van der Waals surface area contributed by atoms with Gasteiger partial charge in [0.15, 0.2) is 0 Å². The van der Waals surface area contributed by atoms with Crippen LogP contribution in [-0.2, 0) is 20.1 Å². The van der Waals surface area contributed by atoms with Crippen molar-refractivity contribution in [3.63, 3.8) is 0 Å². The van der Waals surface area contributed by atoms with E-state index < -0.39 is 18.6 Å². The molecule has 0 fully saturated rings. The SMILES string of the molecule is Cn1cc(O)n(Cc2ccc(-c3ccc4c(c3)CN(CC(F)(F)F)C4=O)cc2)c1=O. The van der Waals surface area contributed by atoms with E-state index in [0.29, 0.717) is 11.1 Å². The Morgan fingerprint density at radius 2 is 1.70 bits per heavy atom. The van der Waals surface area contributed by atoms with Crippen LogP contribution in [0.5, 0.6) is 5.88 Å². The van der Waals surface area contributed by atoms with E-state index in [1.807, 2.05) is 24.3 Å². The van der Waals surface area contributed by atoms with E-state index in [1.54, 1.807) is 25.2 Å². The van der Waals surface area contributed by atoms with Crippen molar-refractivity contribution in [2.45, 2.75) is 19.3 Å². The third-order valence-corrected chi connectivity index (χ3v) is 5.10. The van der Waals surface area contributed by atoms with Crippen molar-refractivity contribution in [3.05, 3.63) is 75.8 Å². The molecular weight excluding hydrogens is 399 g/mol. The molecule has 0 bridgehead atoms. The standard InChI is InChI=1S/C21H18F3N3O3/c1-25-11-18(28)27(20(25)30)9-13-2-4-14(5-3-13)15-6-7-17-16(8-15)10-26(19(17)29)12-21(22,23)24/h2-8,11,28H,9-10,12H2,1H3. The Morgan fingerprint density at radius 1 is 1.03 bits per heavy atom. The number of aromatic hydroxyl groups is 1. The Bertz CT molecular complexity index is 1180. The molecule has 30 heavy (non-hydrogen) atoms. The Balaban J connectivity index is 1.54. The largest absolute Gasteiger partial charge is 0.493 e. The van der Waals surface area contributed by atoms with Gasteiger partial charge in [-0.1, -0.05) is 30.3 Å². The summed E-state index contributed by atoms with van der Waals surface area (Å²) in [5, 5.41) is 9.85. The molecule has 1 amide bonds. The number of fused-ring (bicyclic) bond motifs is 1. The summed E-state index contributed by atoms with van der Waals surface area (Å²) < 4.78 is 40.5. The van der Waals surface area contributed by atoms with Crippen LogP contribution in [0.25, 0.3) is 11.1 Å². The van der Waals surface area contributed by atoms with Crippen LogP contribution >= 0.6 is 0 Å². The monoisotopic (exact) mass is 417 g/mol. The lowest BCUT2D eigenvalue weighted by Gasteiger charge is -2.17. The Labute approximate surface area is 169 Å². The zero-order chi connectivity index (χ0) is 21.6. The molecule has 3 aromatic rings. The minimum Gasteiger partial charge on any atom is -0.493 e. The molecular formula is C21H18F3N3O3. The average molecular weight is 417 g/mol. The van der Waals surface area contributed by atoms with Crippen molar-refractivity contribution in [1.82, 2.24) is 14.0 Å². The van der Waals surface area contributed by atoms with Crippen molar-refractivity contribution in [2.24, 2.45) is 7.05 Å². The number of hydrogen-bond donors (Lipinski definition) is 1. The van der Waals surface area contributed by atoms with Crippen LogP contribution in [0.15, 0.2) is 53.5 Å². The first-order valence-corrected chi connectivity index (χ1v) is 9.16. The molecule has 156 valence electrons. The number of nitrogens with zero attached hydrogens (tertiary/aromatic N) is 3. The van der Waals surface area contributed by atoms with Gasteiger partial charge in [0.05, 0.1) is 12.7 Å². The van der Waals surface area contributed by atoms with E-state index in [0.717, 1.165) is 21.6 Å². The summed E-state index contributed by atoms with van der Waals surface area (Å²) in [6.45, 7) is -1.14. The van der Waals surface area contributed by atoms with Gasteiger partial charge in [0, 0.05) is 19.2 Å². The summed E-state index contributed by atoms with van der Waals surface area (Å²) in [4.78, 5) is 25.0. The molecule has 1 aliphatic rings. The molecule has 0 saturated heterocycles. The maximum Gasteiger partial charge on any atom is 0.406 e. The summed E-state index contributed by atoms with van der Waals surface area (Å²) >= 11 is 0. The molecule has 0 radical (unpaired) electrons. The molecule has 4 rings (SSSR count). The summed E-state index contributed by atoms with van der Waals surface area (Å²) in [6, 6.07) is 12.3. The number of rotatable bonds is 4. The molecule has 0 unspecified atom stereocenters. The summed E-state index contributed by atoms with van der Waals surface area (Å²) in [5.41, 5.74) is 2.93. The number of alkyl halides is 3. The number of aromatic nitrogens is 2. The lowest BCUT2D eigenvalue weighted by atomic mass is 9.99. The lowest BCUT2D eigenvalue weighted by molar-refractivity contribution is -0.140. The summed E-state index contributed by atoms with van der Waals surface area (Å²) in [6.07, 6.45) is -3.10. The summed E-state index contributed by atoms with van der Waals surface area (Å²) in [5.74, 6) is -0.740. The maximum absolute atomic E-state index is 12.7. The second-order valence-electron chi connectivity index (χ2n) is 7.31. The van der Waals surface area contributed by atoms with E-state index in [2.05, 4.69) is 0 Å². The van der Waals surface area contributed by atoms with E-state index in [1.165, 1.54) is 15.3 Å². The van der Waals surface area contributed by atoms with Crippen molar-refractivity contribution < 1.29 is 23.1 Å². The molecule has 0 spiro atoms. The number of aryl methyl sites for hydroxylation is 1. The molecule has 1 aliphatic heterocycles. The van der Waals surface area contributed by atoms with Gasteiger partial charge in [0.25, 0.3) is 5.91 Å². The predicted octanol–water partition coefficient (Wildman–Crippen LogP) is 3.13. The lowest BCUT2D eigenvalue weighted by Crippen LogP contribution is -2.34. The molecule has 0 aliphatic carbocycles. The number of hydrogen-bond acceptors (Lipinski definition) is 3. The van der Waals surface area contributed by atoms with Gasteiger partial charge in [-0.15, -0.1) is 0 Å². The molecule has 1 N–H and O–H groups in total. The first-order valence-electron chi connectivity index (χ1n) is 9.16. The van der Waals surface area contributed by atoms with Crippen molar-refractivity contribution in [2.75, 3.05) is 6.54 Å². The topological polar surface area (TPSA) is 67.5 Å². The highest BCUT2D eigenvalue weighted by Crippen LogP contribution is 2.30. The van der Waals surface area contributed by atoms with E-state index >= 15 is 0 Å². The number of carbonyl (C=O) groups is 1. The van der Waals surface area contributed by atoms with E-state index in [4.69, 9.17) is 0 Å². The first-order chi connectivity index (χ1) is 14.1. The summed E-state index contributed by atoms with van der Waals surface area (Å²) in [7, 11) is 1.55. The molecule has 2 aromatic carbocycles. The second-order valence-corrected chi connectivity index (χ2v) is 7.31. The van der Waals surface area contributed by atoms with Gasteiger partial charge in [-0.05, 0) is 34.4 Å². The Morgan fingerprint density at radius 3 is 2.30 bits per heavy atom. The van der Waals surface area contributed by atoms with Crippen LogP contribution in [0.1, 0.15) is 21.5 Å². The van der Waals surface area contributed by atoms with Gasteiger partial charge in [-0.2, -0.15) is 13.2 Å². The van der Waals surface area contributed by atoms with Gasteiger partial charge in [0.1, 0.15) is 6.54 Å². The minimum atomic E-state index is -4.44. The minimum absolute atomic E-state index is 0.0736. The number of benzene rings is 2. The van der Waals surface area contributed by atoms with Gasteiger partial charge in [-0.3, -0.25) is 13.9 Å². The van der Waals surface area contributed by atoms with Crippen LogP contribution in [0.2, 0.25) is 0 Å². The van der Waals surface area contributed by atoms with Crippen molar-refractivity contribution in [3.8, 4) is 17.0 Å². The van der Waals surface area contributed by atoms with Gasteiger partial charge in [0.2, 0.25) is 5.88 Å². The van der Waals surface area contributed by atoms with Crippen LogP contribution in [0.3, 0.4) is 0 Å². The molecule has 2 heterocycles. The maximum atomic E-state index is 12.7. The molecule has 0 saturated carbocycles. The molecule has 6 nitrogen and oxygen atoms in total. The van der Waals surface area contributed by atoms with Crippen LogP contribution < -0.4 is 5.69 Å². The van der Waals surface area contributed by atoms with Gasteiger partial charge in [-0.25, -0.2) is 4.79 Å². The molecule has 9 heteroatoms. The van der Waals surface area contributed by atoms with Crippen molar-refractivity contribution in [1.29, 1.82) is 0 Å². The smallest absolute Gasteiger partial charge is 0.406 e. The number of amides is 1. The van der Waals surface area contributed by atoms with E-state index in [-0.39, 0.29) is 24.7 Å². The Kier molecular flexibility index (Phi) is 4.68. The quantitative estimate of drug-likeness (QED) is 0.709. The fourth-order valence-corrected chi connectivity index (χ4v) is 3.62. The fraction of sp³-hybridized carbons (Fsp3) is 0.238. The molecule has 1 aromatic heterocycles. The highest BCUT2D eigenvalue weighted by Gasteiger charge is 2.37. The first kappa shape index (κ1) is 19.8. The van der Waals surface area contributed by atoms with Gasteiger partial charge < -0.3 is 10.0 Å². The third-order valence-electron chi connectivity index (χ3n) is 5.10. The normalized spacial score (nSPS) is 13.7. The fourth-order valence-electron chi connectivity index (χ4n) is 3.62. The molecule has 0 atom stereocenters.